The Kier molecular flexibility index (Phi) is 2.96. The number of thiophene rings is 1. The van der Waals surface area contributed by atoms with Gasteiger partial charge in [0.15, 0.2) is 6.21 Å². The summed E-state index contributed by atoms with van der Waals surface area (Å²) >= 11 is 3.32. The quantitative estimate of drug-likeness (QED) is 0.233. The van der Waals surface area contributed by atoms with Crippen molar-refractivity contribution >= 4 is 29.3 Å². The van der Waals surface area contributed by atoms with Crippen LogP contribution in [0.15, 0.2) is 16.3 Å². The molecule has 0 aliphatic rings. The molecule has 2 nitrogen and oxygen atoms in total. The highest BCUT2D eigenvalue weighted by Crippen LogP contribution is 2.23. The van der Waals surface area contributed by atoms with Crippen molar-refractivity contribution in [1.82, 2.24) is 0 Å². The van der Waals surface area contributed by atoms with E-state index in [2.05, 4.69) is 0 Å². The highest BCUT2D eigenvalue weighted by Gasteiger charge is 1.97. The minimum atomic E-state index is 0.815. The topological polar surface area (TPSA) is 26.1 Å². The van der Waals surface area contributed by atoms with E-state index in [0.29, 0.717) is 0 Å². The van der Waals surface area contributed by atoms with Gasteiger partial charge in [-0.15, -0.1) is 23.1 Å². The zero-order valence-corrected chi connectivity index (χ0v) is 8.04. The Morgan fingerprint density at radius 2 is 2.36 bits per heavy atom. The third-order valence-corrected chi connectivity index (χ3v) is 3.22. The molecular formula is C7H9NOS2. The summed E-state index contributed by atoms with van der Waals surface area (Å²) in [5.41, 5.74) is 0. The second-order valence-corrected chi connectivity index (χ2v) is 4.26. The van der Waals surface area contributed by atoms with Crippen molar-refractivity contribution in [3.05, 3.63) is 22.2 Å². The molecule has 0 unspecified atom stereocenters. The monoisotopic (exact) mass is 187 g/mol. The van der Waals surface area contributed by atoms with Gasteiger partial charge in [-0.05, 0) is 18.4 Å². The first-order valence-electron chi connectivity index (χ1n) is 3.11. The Morgan fingerprint density at radius 3 is 2.82 bits per heavy atom. The molecule has 0 saturated heterocycles. The summed E-state index contributed by atoms with van der Waals surface area (Å²) in [7, 11) is 1.48. The molecule has 0 aliphatic carbocycles. The van der Waals surface area contributed by atoms with E-state index in [1.54, 1.807) is 29.3 Å². The summed E-state index contributed by atoms with van der Waals surface area (Å²) in [6.45, 7) is 0. The zero-order valence-electron chi connectivity index (χ0n) is 6.40. The minimum Gasteiger partial charge on any atom is -0.624 e. The highest BCUT2D eigenvalue weighted by atomic mass is 32.2. The number of nitrogens with zero attached hydrogens (tertiary/aromatic N) is 1. The van der Waals surface area contributed by atoms with Crippen LogP contribution in [0.3, 0.4) is 0 Å². The van der Waals surface area contributed by atoms with Gasteiger partial charge in [0.1, 0.15) is 7.05 Å². The molecular weight excluding hydrogens is 178 g/mol. The third-order valence-electron chi connectivity index (χ3n) is 1.11. The predicted molar refractivity (Wildman–Crippen MR) is 50.8 cm³/mol. The van der Waals surface area contributed by atoms with Gasteiger partial charge < -0.3 is 5.21 Å². The average Bonchev–Trinajstić information content (AvgIpc) is 2.34. The van der Waals surface area contributed by atoms with Gasteiger partial charge in [0.25, 0.3) is 0 Å². The Hall–Kier alpha value is -0.480. The van der Waals surface area contributed by atoms with Crippen LogP contribution < -0.4 is 0 Å². The molecule has 1 aromatic heterocycles. The normalized spacial score (nSPS) is 12.0. The Labute approximate surface area is 74.1 Å². The van der Waals surface area contributed by atoms with Crippen LogP contribution in [-0.4, -0.2) is 24.3 Å². The van der Waals surface area contributed by atoms with Gasteiger partial charge in [0.2, 0.25) is 0 Å². The van der Waals surface area contributed by atoms with Crippen LogP contribution in [0.4, 0.5) is 0 Å². The largest absolute Gasteiger partial charge is 0.624 e. The van der Waals surface area contributed by atoms with Gasteiger partial charge in [-0.1, -0.05) is 0 Å². The van der Waals surface area contributed by atoms with Gasteiger partial charge in [0.05, 0.1) is 9.09 Å². The molecule has 0 amide bonds. The van der Waals surface area contributed by atoms with Gasteiger partial charge in [0, 0.05) is 0 Å². The lowest BCUT2D eigenvalue weighted by Gasteiger charge is -1.90. The molecule has 0 spiro atoms. The van der Waals surface area contributed by atoms with Crippen LogP contribution in [-0.2, 0) is 0 Å². The minimum absolute atomic E-state index is 0.815. The molecule has 0 N–H and O–H groups in total. The summed E-state index contributed by atoms with van der Waals surface area (Å²) < 4.78 is 2.05. The molecule has 0 bridgehead atoms. The molecule has 4 heteroatoms. The maximum atomic E-state index is 10.6. The molecule has 0 atom stereocenters. The Bertz CT molecular complexity index is 263. The summed E-state index contributed by atoms with van der Waals surface area (Å²) in [6.07, 6.45) is 3.60. The summed E-state index contributed by atoms with van der Waals surface area (Å²) in [6, 6.07) is 3.97. The lowest BCUT2D eigenvalue weighted by Crippen LogP contribution is -1.94. The molecule has 11 heavy (non-hydrogen) atoms. The second-order valence-electron chi connectivity index (χ2n) is 2.04. The number of thioether (sulfide) groups is 1. The van der Waals surface area contributed by atoms with Gasteiger partial charge in [-0.25, -0.2) is 4.74 Å². The first-order valence-corrected chi connectivity index (χ1v) is 5.15. The van der Waals surface area contributed by atoms with Crippen molar-refractivity contribution < 1.29 is 4.74 Å². The molecule has 0 aliphatic heterocycles. The van der Waals surface area contributed by atoms with E-state index in [4.69, 9.17) is 0 Å². The van der Waals surface area contributed by atoms with Crippen LogP contribution in [0.25, 0.3) is 0 Å². The zero-order chi connectivity index (χ0) is 8.27. The number of rotatable bonds is 2. The smallest absolute Gasteiger partial charge is 0.191 e. The SMILES string of the molecule is CSc1ccc(/C=[N+](/C)[O-])s1. The van der Waals surface area contributed by atoms with Crippen LogP contribution in [0.2, 0.25) is 0 Å². The summed E-state index contributed by atoms with van der Waals surface area (Å²) in [5, 5.41) is 10.6. The average molecular weight is 187 g/mol. The van der Waals surface area contributed by atoms with Crippen molar-refractivity contribution in [2.24, 2.45) is 0 Å². The van der Waals surface area contributed by atoms with Gasteiger partial charge >= 0.3 is 0 Å². The maximum absolute atomic E-state index is 10.6. The van der Waals surface area contributed by atoms with E-state index in [1.165, 1.54) is 11.3 Å². The lowest BCUT2D eigenvalue weighted by molar-refractivity contribution is -0.416. The van der Waals surface area contributed by atoms with Crippen molar-refractivity contribution in [3.8, 4) is 0 Å². The molecule has 60 valence electrons. The molecule has 0 radical (unpaired) electrons. The number of hydrogen-bond acceptors (Lipinski definition) is 3. The fourth-order valence-electron chi connectivity index (χ4n) is 0.693. The van der Waals surface area contributed by atoms with E-state index >= 15 is 0 Å². The maximum Gasteiger partial charge on any atom is 0.191 e. The first-order chi connectivity index (χ1) is 5.22. The second kappa shape index (κ2) is 3.78. The molecule has 0 aromatic carbocycles. The van der Waals surface area contributed by atoms with Crippen molar-refractivity contribution in [2.45, 2.75) is 4.21 Å². The fraction of sp³-hybridized carbons (Fsp3) is 0.286. The summed E-state index contributed by atoms with van der Waals surface area (Å²) in [5.74, 6) is 0. The van der Waals surface area contributed by atoms with Crippen LogP contribution >= 0.6 is 23.1 Å². The number of hydroxylamine groups is 1. The van der Waals surface area contributed by atoms with E-state index < -0.39 is 0 Å². The fourth-order valence-corrected chi connectivity index (χ4v) is 2.22. The van der Waals surface area contributed by atoms with Gasteiger partial charge in [-0.2, -0.15) is 0 Å². The Morgan fingerprint density at radius 1 is 1.64 bits per heavy atom. The third kappa shape index (κ3) is 2.55. The Balaban J connectivity index is 2.81. The molecule has 0 saturated carbocycles. The first kappa shape index (κ1) is 8.62. The van der Waals surface area contributed by atoms with E-state index in [9.17, 15) is 5.21 Å². The van der Waals surface area contributed by atoms with E-state index in [1.807, 2.05) is 18.4 Å². The van der Waals surface area contributed by atoms with Crippen LogP contribution in [0, 0.1) is 5.21 Å². The molecule has 1 heterocycles. The predicted octanol–water partition coefficient (Wildman–Crippen LogP) is 2.03. The van der Waals surface area contributed by atoms with Crippen molar-refractivity contribution in [3.63, 3.8) is 0 Å². The molecule has 1 rings (SSSR count). The van der Waals surface area contributed by atoms with Crippen LogP contribution in [0.5, 0.6) is 0 Å². The van der Waals surface area contributed by atoms with E-state index in [-0.39, 0.29) is 0 Å². The van der Waals surface area contributed by atoms with Crippen LogP contribution in [0.1, 0.15) is 4.88 Å². The lowest BCUT2D eigenvalue weighted by atomic mass is 10.5. The molecule has 0 fully saturated rings. The van der Waals surface area contributed by atoms with E-state index in [0.717, 1.165) is 9.62 Å². The molecule has 1 aromatic rings. The van der Waals surface area contributed by atoms with Crippen molar-refractivity contribution in [1.29, 1.82) is 0 Å². The number of hydrogen-bond donors (Lipinski definition) is 0. The van der Waals surface area contributed by atoms with Crippen molar-refractivity contribution in [2.75, 3.05) is 13.3 Å². The summed E-state index contributed by atoms with van der Waals surface area (Å²) in [4.78, 5) is 1.01. The standard InChI is InChI=1S/C7H9NOS2/c1-8(9)5-6-3-4-7(10-2)11-6/h3-5H,1-2H3/b8-5-. The van der Waals surface area contributed by atoms with Gasteiger partial charge in [-0.3, -0.25) is 0 Å². The highest BCUT2D eigenvalue weighted by molar-refractivity contribution is 8.00.